The van der Waals surface area contributed by atoms with Crippen molar-refractivity contribution in [3.05, 3.63) is 30.0 Å². The van der Waals surface area contributed by atoms with Crippen LogP contribution in [-0.4, -0.2) is 50.6 Å². The summed E-state index contributed by atoms with van der Waals surface area (Å²) in [5.74, 6) is 0.825. The topological polar surface area (TPSA) is 43.8 Å². The summed E-state index contributed by atoms with van der Waals surface area (Å²) in [6.07, 6.45) is 1.93. The molecule has 0 unspecified atom stereocenters. The van der Waals surface area contributed by atoms with Crippen molar-refractivity contribution in [3.8, 4) is 5.75 Å². The molecule has 0 radical (unpaired) electrons. The number of ether oxygens (including phenoxy) is 3. The Kier molecular flexibility index (Phi) is 4.06. The Balaban J connectivity index is 1.75. The van der Waals surface area contributed by atoms with Gasteiger partial charge in [0.05, 0.1) is 19.3 Å². The van der Waals surface area contributed by atoms with Crippen molar-refractivity contribution in [2.45, 2.75) is 25.4 Å². The summed E-state index contributed by atoms with van der Waals surface area (Å²) < 4.78 is 17.2. The number of nitrogens with zero attached hydrogens (tertiary/aromatic N) is 2. The highest BCUT2D eigenvalue weighted by Crippen LogP contribution is 2.36. The molecule has 1 aromatic carbocycles. The molecular weight excluding hydrogens is 304 g/mol. The van der Waals surface area contributed by atoms with E-state index < -0.39 is 0 Å². The standard InChI is InChI=1S/C19H24N2O3/c1-14-12-16(15-4-3-5-17(22-2)18(15)20-14)21-8-11-24-19(13-21)6-9-23-10-7-19/h3-5,12H,6-11,13H2,1-2H3. The number of rotatable bonds is 2. The van der Waals surface area contributed by atoms with Crippen LogP contribution >= 0.6 is 0 Å². The van der Waals surface area contributed by atoms with E-state index >= 15 is 0 Å². The third-order valence-electron chi connectivity index (χ3n) is 5.12. The lowest BCUT2D eigenvalue weighted by molar-refractivity contribution is -0.116. The highest BCUT2D eigenvalue weighted by atomic mass is 16.5. The van der Waals surface area contributed by atoms with Crippen LogP contribution in [0.4, 0.5) is 5.69 Å². The van der Waals surface area contributed by atoms with Crippen LogP contribution in [0, 0.1) is 6.92 Å². The van der Waals surface area contributed by atoms with E-state index in [4.69, 9.17) is 19.2 Å². The summed E-state index contributed by atoms with van der Waals surface area (Å²) in [4.78, 5) is 7.15. The summed E-state index contributed by atoms with van der Waals surface area (Å²) in [5, 5.41) is 1.14. The number of hydrogen-bond donors (Lipinski definition) is 0. The van der Waals surface area contributed by atoms with E-state index in [1.54, 1.807) is 7.11 Å². The molecule has 2 aromatic rings. The van der Waals surface area contributed by atoms with Crippen molar-refractivity contribution in [2.24, 2.45) is 0 Å². The Morgan fingerprint density at radius 2 is 2.04 bits per heavy atom. The van der Waals surface area contributed by atoms with Gasteiger partial charge in [0.25, 0.3) is 0 Å². The average Bonchev–Trinajstić information content (AvgIpc) is 2.61. The lowest BCUT2D eigenvalue weighted by Gasteiger charge is -2.45. The van der Waals surface area contributed by atoms with Gasteiger partial charge in [0.15, 0.2) is 0 Å². The van der Waals surface area contributed by atoms with Crippen LogP contribution in [0.15, 0.2) is 24.3 Å². The first-order chi connectivity index (χ1) is 11.7. The van der Waals surface area contributed by atoms with Gasteiger partial charge in [-0.3, -0.25) is 0 Å². The van der Waals surface area contributed by atoms with Crippen LogP contribution in [0.5, 0.6) is 5.75 Å². The molecule has 24 heavy (non-hydrogen) atoms. The fraction of sp³-hybridized carbons (Fsp3) is 0.526. The van der Waals surface area contributed by atoms with E-state index in [9.17, 15) is 0 Å². The van der Waals surface area contributed by atoms with Gasteiger partial charge in [-0.15, -0.1) is 0 Å². The molecule has 0 atom stereocenters. The Morgan fingerprint density at radius 3 is 2.83 bits per heavy atom. The molecule has 0 saturated carbocycles. The summed E-state index contributed by atoms with van der Waals surface area (Å²) in [6, 6.07) is 8.32. The molecule has 1 spiro atoms. The molecular formula is C19H24N2O3. The number of benzene rings is 1. The normalized spacial score (nSPS) is 20.5. The second kappa shape index (κ2) is 6.22. The number of fused-ring (bicyclic) bond motifs is 1. The Labute approximate surface area is 142 Å². The van der Waals surface area contributed by atoms with Crippen LogP contribution < -0.4 is 9.64 Å². The molecule has 128 valence electrons. The zero-order valence-electron chi connectivity index (χ0n) is 14.4. The quantitative estimate of drug-likeness (QED) is 0.848. The molecule has 2 saturated heterocycles. The van der Waals surface area contributed by atoms with Crippen LogP contribution in [-0.2, 0) is 9.47 Å². The zero-order chi connectivity index (χ0) is 16.6. The van der Waals surface area contributed by atoms with Crippen molar-refractivity contribution >= 4 is 16.6 Å². The number of aryl methyl sites for hydroxylation is 1. The fourth-order valence-corrected chi connectivity index (χ4v) is 3.85. The van der Waals surface area contributed by atoms with Crippen molar-refractivity contribution in [1.29, 1.82) is 0 Å². The molecule has 5 heteroatoms. The maximum atomic E-state index is 6.18. The van der Waals surface area contributed by atoms with E-state index in [0.717, 1.165) is 68.1 Å². The molecule has 4 rings (SSSR count). The van der Waals surface area contributed by atoms with Crippen molar-refractivity contribution in [2.75, 3.05) is 44.9 Å². The van der Waals surface area contributed by atoms with Crippen LogP contribution in [0.1, 0.15) is 18.5 Å². The van der Waals surface area contributed by atoms with E-state index in [-0.39, 0.29) is 5.60 Å². The smallest absolute Gasteiger partial charge is 0.145 e. The molecule has 3 heterocycles. The van der Waals surface area contributed by atoms with Crippen LogP contribution in [0.2, 0.25) is 0 Å². The number of para-hydroxylation sites is 1. The summed E-state index contributed by atoms with van der Waals surface area (Å²) in [5.41, 5.74) is 3.10. The van der Waals surface area contributed by atoms with Crippen molar-refractivity contribution in [3.63, 3.8) is 0 Å². The number of anilines is 1. The number of pyridine rings is 1. The minimum absolute atomic E-state index is 0.0706. The summed E-state index contributed by atoms with van der Waals surface area (Å²) >= 11 is 0. The first kappa shape index (κ1) is 15.7. The maximum Gasteiger partial charge on any atom is 0.145 e. The van der Waals surface area contributed by atoms with Gasteiger partial charge in [0.2, 0.25) is 0 Å². The van der Waals surface area contributed by atoms with Gasteiger partial charge in [-0.2, -0.15) is 0 Å². The molecule has 0 amide bonds. The first-order valence-corrected chi connectivity index (χ1v) is 8.62. The lowest BCUT2D eigenvalue weighted by atomic mass is 9.91. The highest BCUT2D eigenvalue weighted by Gasteiger charge is 2.38. The van der Waals surface area contributed by atoms with E-state index in [2.05, 4.69) is 17.0 Å². The predicted molar refractivity (Wildman–Crippen MR) is 94.0 cm³/mol. The van der Waals surface area contributed by atoms with Crippen molar-refractivity contribution in [1.82, 2.24) is 4.98 Å². The summed E-state index contributed by atoms with van der Waals surface area (Å²) in [7, 11) is 1.70. The fourth-order valence-electron chi connectivity index (χ4n) is 3.85. The molecule has 2 aliphatic heterocycles. The second-order valence-electron chi connectivity index (χ2n) is 6.70. The van der Waals surface area contributed by atoms with Gasteiger partial charge in [-0.1, -0.05) is 12.1 Å². The number of morpholine rings is 1. The van der Waals surface area contributed by atoms with Gasteiger partial charge in [0, 0.05) is 55.9 Å². The van der Waals surface area contributed by atoms with Gasteiger partial charge in [-0.25, -0.2) is 4.98 Å². The SMILES string of the molecule is COc1cccc2c(N3CCOC4(CCOCC4)C3)cc(C)nc12. The van der Waals surface area contributed by atoms with Crippen molar-refractivity contribution < 1.29 is 14.2 Å². The number of methoxy groups -OCH3 is 1. The Bertz CT molecular complexity index is 735. The molecule has 0 aliphatic carbocycles. The maximum absolute atomic E-state index is 6.18. The lowest BCUT2D eigenvalue weighted by Crippen LogP contribution is -2.54. The third kappa shape index (κ3) is 2.72. The highest BCUT2D eigenvalue weighted by molar-refractivity contribution is 5.95. The number of hydrogen-bond acceptors (Lipinski definition) is 5. The minimum Gasteiger partial charge on any atom is -0.494 e. The van der Waals surface area contributed by atoms with Crippen LogP contribution in [0.25, 0.3) is 10.9 Å². The second-order valence-corrected chi connectivity index (χ2v) is 6.70. The monoisotopic (exact) mass is 328 g/mol. The van der Waals surface area contributed by atoms with E-state index in [1.807, 2.05) is 19.1 Å². The summed E-state index contributed by atoms with van der Waals surface area (Å²) in [6.45, 7) is 6.19. The van der Waals surface area contributed by atoms with Gasteiger partial charge >= 0.3 is 0 Å². The molecule has 2 fully saturated rings. The Hall–Kier alpha value is -1.85. The molecule has 1 aromatic heterocycles. The predicted octanol–water partition coefficient (Wildman–Crippen LogP) is 2.94. The number of aromatic nitrogens is 1. The zero-order valence-corrected chi connectivity index (χ0v) is 14.4. The van der Waals surface area contributed by atoms with Gasteiger partial charge in [-0.05, 0) is 19.1 Å². The molecule has 5 nitrogen and oxygen atoms in total. The third-order valence-corrected chi connectivity index (χ3v) is 5.12. The van der Waals surface area contributed by atoms with E-state index in [1.165, 1.54) is 5.69 Å². The van der Waals surface area contributed by atoms with Gasteiger partial charge in [0.1, 0.15) is 11.3 Å². The largest absolute Gasteiger partial charge is 0.494 e. The van der Waals surface area contributed by atoms with E-state index in [0.29, 0.717) is 0 Å². The van der Waals surface area contributed by atoms with Crippen LogP contribution in [0.3, 0.4) is 0 Å². The molecule has 0 N–H and O–H groups in total. The Morgan fingerprint density at radius 1 is 1.21 bits per heavy atom. The average molecular weight is 328 g/mol. The molecule has 2 aliphatic rings. The molecule has 0 bridgehead atoms. The minimum atomic E-state index is -0.0706. The van der Waals surface area contributed by atoms with Gasteiger partial charge < -0.3 is 19.1 Å². The first-order valence-electron chi connectivity index (χ1n) is 8.62.